The van der Waals surface area contributed by atoms with E-state index in [2.05, 4.69) is 11.4 Å². The molecule has 0 amide bonds. The van der Waals surface area contributed by atoms with E-state index in [1.807, 2.05) is 24.3 Å². The predicted octanol–water partition coefficient (Wildman–Crippen LogP) is 1.83. The summed E-state index contributed by atoms with van der Waals surface area (Å²) in [6.07, 6.45) is 2.47. The first-order valence-electron chi connectivity index (χ1n) is 5.68. The summed E-state index contributed by atoms with van der Waals surface area (Å²) in [6.45, 7) is 2.52. The molecular formula is C13H16N2O. The van der Waals surface area contributed by atoms with Crippen LogP contribution in [0.25, 0.3) is 0 Å². The van der Waals surface area contributed by atoms with Gasteiger partial charge in [-0.25, -0.2) is 0 Å². The monoisotopic (exact) mass is 216 g/mol. The van der Waals surface area contributed by atoms with Crippen molar-refractivity contribution in [1.29, 1.82) is 5.26 Å². The van der Waals surface area contributed by atoms with Crippen molar-refractivity contribution in [3.05, 3.63) is 35.4 Å². The fourth-order valence-corrected chi connectivity index (χ4v) is 1.89. The molecule has 3 nitrogen and oxygen atoms in total. The van der Waals surface area contributed by atoms with E-state index in [1.165, 1.54) is 12.8 Å². The zero-order valence-electron chi connectivity index (χ0n) is 9.28. The average molecular weight is 216 g/mol. The molecule has 1 aliphatic heterocycles. The highest BCUT2D eigenvalue weighted by atomic mass is 16.5. The van der Waals surface area contributed by atoms with Gasteiger partial charge < -0.3 is 10.1 Å². The van der Waals surface area contributed by atoms with Gasteiger partial charge in [-0.05, 0) is 37.1 Å². The van der Waals surface area contributed by atoms with Crippen molar-refractivity contribution in [2.75, 3.05) is 13.2 Å². The molecular weight excluding hydrogens is 200 g/mol. The van der Waals surface area contributed by atoms with E-state index in [1.54, 1.807) is 0 Å². The van der Waals surface area contributed by atoms with Gasteiger partial charge in [0.05, 0.1) is 24.8 Å². The van der Waals surface area contributed by atoms with Crippen molar-refractivity contribution in [2.45, 2.75) is 25.5 Å². The Bertz CT molecular complexity index is 361. The van der Waals surface area contributed by atoms with Crippen LogP contribution in [0.1, 0.15) is 24.0 Å². The normalized spacial score (nSPS) is 19.6. The molecule has 1 heterocycles. The van der Waals surface area contributed by atoms with Gasteiger partial charge in [0.25, 0.3) is 0 Å². The first-order valence-corrected chi connectivity index (χ1v) is 5.68. The highest BCUT2D eigenvalue weighted by Gasteiger charge is 2.13. The predicted molar refractivity (Wildman–Crippen MR) is 61.8 cm³/mol. The standard InChI is InChI=1S/C13H16N2O/c14-8-11-3-5-12(6-4-11)9-16-10-13-2-1-7-15-13/h3-6,13,15H,1-2,7,9-10H2/t13-/m0/s1. The summed E-state index contributed by atoms with van der Waals surface area (Å²) in [5, 5.41) is 12.1. The molecule has 1 N–H and O–H groups in total. The third-order valence-corrected chi connectivity index (χ3v) is 2.83. The second kappa shape index (κ2) is 5.64. The average Bonchev–Trinajstić information content (AvgIpc) is 2.83. The topological polar surface area (TPSA) is 45.0 Å². The summed E-state index contributed by atoms with van der Waals surface area (Å²) in [7, 11) is 0. The largest absolute Gasteiger partial charge is 0.375 e. The maximum atomic E-state index is 8.66. The van der Waals surface area contributed by atoms with E-state index in [9.17, 15) is 0 Å². The van der Waals surface area contributed by atoms with Gasteiger partial charge in [0, 0.05) is 6.04 Å². The van der Waals surface area contributed by atoms with E-state index in [-0.39, 0.29) is 0 Å². The molecule has 0 aliphatic carbocycles. The molecule has 1 aliphatic rings. The second-order valence-corrected chi connectivity index (χ2v) is 4.12. The van der Waals surface area contributed by atoms with Crippen LogP contribution in [0.5, 0.6) is 0 Å². The lowest BCUT2D eigenvalue weighted by atomic mass is 10.1. The molecule has 1 saturated heterocycles. The van der Waals surface area contributed by atoms with Crippen LogP contribution in [-0.4, -0.2) is 19.2 Å². The molecule has 0 radical (unpaired) electrons. The van der Waals surface area contributed by atoms with Crippen molar-refractivity contribution in [3.63, 3.8) is 0 Å². The van der Waals surface area contributed by atoms with E-state index < -0.39 is 0 Å². The minimum Gasteiger partial charge on any atom is -0.375 e. The van der Waals surface area contributed by atoms with Gasteiger partial charge in [0.15, 0.2) is 0 Å². The van der Waals surface area contributed by atoms with Crippen LogP contribution in [-0.2, 0) is 11.3 Å². The van der Waals surface area contributed by atoms with Crippen LogP contribution in [0.4, 0.5) is 0 Å². The molecule has 0 spiro atoms. The first-order chi connectivity index (χ1) is 7.88. The molecule has 1 aromatic carbocycles. The van der Waals surface area contributed by atoms with E-state index in [0.29, 0.717) is 18.2 Å². The van der Waals surface area contributed by atoms with Crippen LogP contribution in [0.2, 0.25) is 0 Å². The Balaban J connectivity index is 1.74. The van der Waals surface area contributed by atoms with E-state index in [4.69, 9.17) is 10.00 Å². The summed E-state index contributed by atoms with van der Waals surface area (Å²) in [5.74, 6) is 0. The Kier molecular flexibility index (Phi) is 3.92. The third-order valence-electron chi connectivity index (χ3n) is 2.83. The summed E-state index contributed by atoms with van der Waals surface area (Å²) >= 11 is 0. The molecule has 0 aromatic heterocycles. The molecule has 84 valence electrons. The van der Waals surface area contributed by atoms with Crippen molar-refractivity contribution >= 4 is 0 Å². The summed E-state index contributed by atoms with van der Waals surface area (Å²) < 4.78 is 5.63. The molecule has 0 bridgehead atoms. The van der Waals surface area contributed by atoms with Gasteiger partial charge in [0.1, 0.15) is 0 Å². The van der Waals surface area contributed by atoms with Crippen LogP contribution < -0.4 is 5.32 Å². The lowest BCUT2D eigenvalue weighted by Gasteiger charge is -2.10. The van der Waals surface area contributed by atoms with Crippen molar-refractivity contribution in [1.82, 2.24) is 5.32 Å². The van der Waals surface area contributed by atoms with Crippen LogP contribution in [0.3, 0.4) is 0 Å². The Labute approximate surface area is 96.0 Å². The van der Waals surface area contributed by atoms with Crippen LogP contribution in [0.15, 0.2) is 24.3 Å². The Morgan fingerprint density at radius 1 is 1.38 bits per heavy atom. The number of ether oxygens (including phenoxy) is 1. The number of nitrogens with zero attached hydrogens (tertiary/aromatic N) is 1. The Hall–Kier alpha value is -1.37. The van der Waals surface area contributed by atoms with E-state index >= 15 is 0 Å². The Morgan fingerprint density at radius 2 is 2.19 bits per heavy atom. The quantitative estimate of drug-likeness (QED) is 0.835. The van der Waals surface area contributed by atoms with Crippen molar-refractivity contribution in [3.8, 4) is 6.07 Å². The third kappa shape index (κ3) is 3.06. The number of benzene rings is 1. The summed E-state index contributed by atoms with van der Waals surface area (Å²) in [6, 6.07) is 10.2. The molecule has 3 heteroatoms. The summed E-state index contributed by atoms with van der Waals surface area (Å²) in [5.41, 5.74) is 1.82. The second-order valence-electron chi connectivity index (χ2n) is 4.12. The van der Waals surface area contributed by atoms with Gasteiger partial charge in [-0.3, -0.25) is 0 Å². The number of nitriles is 1. The smallest absolute Gasteiger partial charge is 0.0991 e. The van der Waals surface area contributed by atoms with Gasteiger partial charge in [-0.1, -0.05) is 12.1 Å². The fraction of sp³-hybridized carbons (Fsp3) is 0.462. The van der Waals surface area contributed by atoms with Gasteiger partial charge in [0.2, 0.25) is 0 Å². The number of nitrogens with one attached hydrogen (secondary N) is 1. The van der Waals surface area contributed by atoms with Gasteiger partial charge in [-0.15, -0.1) is 0 Å². The molecule has 16 heavy (non-hydrogen) atoms. The maximum absolute atomic E-state index is 8.66. The fourth-order valence-electron chi connectivity index (χ4n) is 1.89. The highest BCUT2D eigenvalue weighted by molar-refractivity contribution is 5.31. The number of hydrogen-bond acceptors (Lipinski definition) is 3. The Morgan fingerprint density at radius 3 is 2.81 bits per heavy atom. The van der Waals surface area contributed by atoms with Crippen molar-refractivity contribution in [2.24, 2.45) is 0 Å². The lowest BCUT2D eigenvalue weighted by molar-refractivity contribution is 0.103. The minimum absolute atomic E-state index is 0.526. The van der Waals surface area contributed by atoms with Crippen LogP contribution >= 0.6 is 0 Å². The molecule has 2 rings (SSSR count). The SMILES string of the molecule is N#Cc1ccc(COC[C@@H]2CCCN2)cc1. The molecule has 1 fully saturated rings. The number of rotatable bonds is 4. The van der Waals surface area contributed by atoms with Crippen LogP contribution in [0, 0.1) is 11.3 Å². The molecule has 0 saturated carbocycles. The lowest BCUT2D eigenvalue weighted by Crippen LogP contribution is -2.26. The first kappa shape index (κ1) is 11.1. The van der Waals surface area contributed by atoms with E-state index in [0.717, 1.165) is 18.7 Å². The van der Waals surface area contributed by atoms with Gasteiger partial charge in [-0.2, -0.15) is 5.26 Å². The van der Waals surface area contributed by atoms with Crippen molar-refractivity contribution < 1.29 is 4.74 Å². The zero-order chi connectivity index (χ0) is 11.2. The minimum atomic E-state index is 0.526. The molecule has 1 atom stereocenters. The summed E-state index contributed by atoms with van der Waals surface area (Å²) in [4.78, 5) is 0. The molecule has 0 unspecified atom stereocenters. The van der Waals surface area contributed by atoms with Gasteiger partial charge >= 0.3 is 0 Å². The number of hydrogen-bond donors (Lipinski definition) is 1. The highest BCUT2D eigenvalue weighted by Crippen LogP contribution is 2.08. The molecule has 1 aromatic rings. The zero-order valence-corrected chi connectivity index (χ0v) is 9.28. The maximum Gasteiger partial charge on any atom is 0.0991 e.